The summed E-state index contributed by atoms with van der Waals surface area (Å²) >= 11 is 2.06. The minimum atomic E-state index is -0.722. The van der Waals surface area contributed by atoms with E-state index in [4.69, 9.17) is 14.6 Å². The third kappa shape index (κ3) is 4.45. The van der Waals surface area contributed by atoms with Crippen LogP contribution in [0.5, 0.6) is 5.75 Å². The van der Waals surface area contributed by atoms with Gasteiger partial charge in [-0.15, -0.1) is 0 Å². The van der Waals surface area contributed by atoms with Crippen molar-refractivity contribution < 1.29 is 19.4 Å². The summed E-state index contributed by atoms with van der Waals surface area (Å²) < 4.78 is 11.1. The number of ether oxygens (including phenoxy) is 2. The largest absolute Gasteiger partial charge is 0.514 e. The van der Waals surface area contributed by atoms with Crippen molar-refractivity contribution in [3.63, 3.8) is 0 Å². The average Bonchev–Trinajstić information content (AvgIpc) is 2.20. The molecule has 0 aliphatic carbocycles. The van der Waals surface area contributed by atoms with E-state index < -0.39 is 11.8 Å². The van der Waals surface area contributed by atoms with Gasteiger partial charge in [0.2, 0.25) is 0 Å². The summed E-state index contributed by atoms with van der Waals surface area (Å²) in [5, 5.41) is 9.08. The zero-order valence-electron chi connectivity index (χ0n) is 10.9. The third-order valence-electron chi connectivity index (χ3n) is 2.05. The van der Waals surface area contributed by atoms with Crippen LogP contribution in [0.4, 0.5) is 4.79 Å². The number of halogens is 1. The predicted octanol–water partition coefficient (Wildman–Crippen LogP) is 3.41. The summed E-state index contributed by atoms with van der Waals surface area (Å²) in [6.45, 7) is 7.12. The second-order valence-electron chi connectivity index (χ2n) is 4.95. The van der Waals surface area contributed by atoms with Crippen molar-refractivity contribution in [2.24, 2.45) is 0 Å². The highest BCUT2D eigenvalue weighted by molar-refractivity contribution is 14.1. The standard InChI is InChI=1S/C13H17IO4/c1-8-5-9(7-15)6-10(14)11(8)17-12(16)18-13(2,3)4/h5-6,15H,7H2,1-4H3. The van der Waals surface area contributed by atoms with E-state index in [2.05, 4.69) is 22.6 Å². The fourth-order valence-electron chi connectivity index (χ4n) is 1.38. The topological polar surface area (TPSA) is 55.8 Å². The number of aryl methyl sites for hydroxylation is 1. The Morgan fingerprint density at radius 3 is 2.44 bits per heavy atom. The van der Waals surface area contributed by atoms with E-state index in [1.807, 2.05) is 6.92 Å². The van der Waals surface area contributed by atoms with Crippen molar-refractivity contribution in [3.05, 3.63) is 26.8 Å². The van der Waals surface area contributed by atoms with Gasteiger partial charge in [0.05, 0.1) is 10.2 Å². The lowest BCUT2D eigenvalue weighted by atomic mass is 10.1. The molecular formula is C13H17IO4. The van der Waals surface area contributed by atoms with Crippen molar-refractivity contribution in [1.29, 1.82) is 0 Å². The second kappa shape index (κ2) is 5.88. The summed E-state index contributed by atoms with van der Waals surface area (Å²) in [7, 11) is 0. The van der Waals surface area contributed by atoms with E-state index in [1.54, 1.807) is 32.9 Å². The molecule has 0 saturated carbocycles. The molecule has 1 N–H and O–H groups in total. The molecule has 0 unspecified atom stereocenters. The molecule has 0 aliphatic rings. The zero-order chi connectivity index (χ0) is 13.9. The zero-order valence-corrected chi connectivity index (χ0v) is 13.1. The average molecular weight is 364 g/mol. The number of hydrogen-bond acceptors (Lipinski definition) is 4. The van der Waals surface area contributed by atoms with Crippen LogP contribution in [0.2, 0.25) is 0 Å². The van der Waals surface area contributed by atoms with Gasteiger partial charge in [-0.2, -0.15) is 0 Å². The fraction of sp³-hybridized carbons (Fsp3) is 0.462. The van der Waals surface area contributed by atoms with Crippen LogP contribution < -0.4 is 4.74 Å². The molecule has 0 aliphatic heterocycles. The number of benzene rings is 1. The van der Waals surface area contributed by atoms with E-state index in [1.165, 1.54) is 0 Å². The van der Waals surface area contributed by atoms with Crippen molar-refractivity contribution >= 4 is 28.7 Å². The van der Waals surface area contributed by atoms with Crippen LogP contribution >= 0.6 is 22.6 Å². The number of carbonyl (C=O) groups is 1. The molecule has 0 atom stereocenters. The van der Waals surface area contributed by atoms with Crippen LogP contribution in [-0.2, 0) is 11.3 Å². The first kappa shape index (κ1) is 15.2. The molecule has 1 aromatic rings. The van der Waals surface area contributed by atoms with E-state index in [0.29, 0.717) is 5.75 Å². The van der Waals surface area contributed by atoms with Crippen molar-refractivity contribution in [2.75, 3.05) is 0 Å². The molecule has 1 rings (SSSR count). The number of carbonyl (C=O) groups excluding carboxylic acids is 1. The molecule has 0 spiro atoms. The van der Waals surface area contributed by atoms with Crippen LogP contribution in [0, 0.1) is 10.5 Å². The van der Waals surface area contributed by atoms with Crippen molar-refractivity contribution in [3.8, 4) is 5.75 Å². The molecule has 4 nitrogen and oxygen atoms in total. The maximum Gasteiger partial charge on any atom is 0.514 e. The molecule has 0 bridgehead atoms. The molecule has 0 saturated heterocycles. The highest BCUT2D eigenvalue weighted by atomic mass is 127. The highest BCUT2D eigenvalue weighted by Gasteiger charge is 2.20. The minimum absolute atomic E-state index is 0.0381. The van der Waals surface area contributed by atoms with E-state index in [-0.39, 0.29) is 6.61 Å². The Morgan fingerprint density at radius 2 is 2.00 bits per heavy atom. The van der Waals surface area contributed by atoms with Gasteiger partial charge in [-0.1, -0.05) is 0 Å². The normalized spacial score (nSPS) is 11.2. The van der Waals surface area contributed by atoms with E-state index in [0.717, 1.165) is 14.7 Å². The molecule has 100 valence electrons. The molecule has 0 amide bonds. The van der Waals surface area contributed by atoms with Gasteiger partial charge in [0.15, 0.2) is 5.75 Å². The highest BCUT2D eigenvalue weighted by Crippen LogP contribution is 2.28. The predicted molar refractivity (Wildman–Crippen MR) is 76.7 cm³/mol. The van der Waals surface area contributed by atoms with Gasteiger partial charge in [0, 0.05) is 0 Å². The Hall–Kier alpha value is -0.820. The van der Waals surface area contributed by atoms with Crippen LogP contribution in [0.3, 0.4) is 0 Å². The summed E-state index contributed by atoms with van der Waals surface area (Å²) in [6.07, 6.45) is -0.722. The molecule has 0 aromatic heterocycles. The lowest BCUT2D eigenvalue weighted by Gasteiger charge is -2.19. The fourth-order valence-corrected chi connectivity index (χ4v) is 2.31. The molecule has 5 heteroatoms. The van der Waals surface area contributed by atoms with Crippen molar-refractivity contribution in [2.45, 2.75) is 39.9 Å². The lowest BCUT2D eigenvalue weighted by molar-refractivity contribution is 0.0203. The van der Waals surface area contributed by atoms with Gasteiger partial charge in [-0.3, -0.25) is 0 Å². The number of aliphatic hydroxyl groups is 1. The minimum Gasteiger partial charge on any atom is -0.428 e. The molecule has 18 heavy (non-hydrogen) atoms. The smallest absolute Gasteiger partial charge is 0.428 e. The molecular weight excluding hydrogens is 347 g/mol. The first-order valence-electron chi connectivity index (χ1n) is 5.53. The SMILES string of the molecule is Cc1cc(CO)cc(I)c1OC(=O)OC(C)(C)C. The van der Waals surface area contributed by atoms with Gasteiger partial charge in [-0.05, 0) is 73.5 Å². The summed E-state index contributed by atoms with van der Waals surface area (Å²) in [5.74, 6) is 0.474. The molecule has 0 radical (unpaired) electrons. The first-order chi connectivity index (χ1) is 8.23. The summed E-state index contributed by atoms with van der Waals surface area (Å²) in [4.78, 5) is 11.6. The van der Waals surface area contributed by atoms with Crippen LogP contribution in [0.15, 0.2) is 12.1 Å². The van der Waals surface area contributed by atoms with Gasteiger partial charge in [0.1, 0.15) is 5.60 Å². The summed E-state index contributed by atoms with van der Waals surface area (Å²) in [5.41, 5.74) is 0.992. The Labute approximate surface area is 120 Å². The van der Waals surface area contributed by atoms with Crippen LogP contribution in [0.25, 0.3) is 0 Å². The number of hydrogen-bond donors (Lipinski definition) is 1. The maximum atomic E-state index is 11.6. The first-order valence-corrected chi connectivity index (χ1v) is 6.61. The monoisotopic (exact) mass is 364 g/mol. The van der Waals surface area contributed by atoms with Gasteiger partial charge in [0.25, 0.3) is 0 Å². The van der Waals surface area contributed by atoms with Gasteiger partial charge >= 0.3 is 6.16 Å². The summed E-state index contributed by atoms with van der Waals surface area (Å²) in [6, 6.07) is 3.55. The van der Waals surface area contributed by atoms with Gasteiger partial charge < -0.3 is 14.6 Å². The second-order valence-corrected chi connectivity index (χ2v) is 6.11. The Balaban J connectivity index is 2.88. The van der Waals surface area contributed by atoms with Crippen molar-refractivity contribution in [1.82, 2.24) is 0 Å². The Bertz CT molecular complexity index is 426. The van der Waals surface area contributed by atoms with E-state index in [9.17, 15) is 4.79 Å². The third-order valence-corrected chi connectivity index (χ3v) is 2.85. The number of aliphatic hydroxyl groups excluding tert-OH is 1. The molecule has 0 fully saturated rings. The Kier molecular flexibility index (Phi) is 4.98. The van der Waals surface area contributed by atoms with Gasteiger partial charge in [-0.25, -0.2) is 4.79 Å². The molecule has 0 heterocycles. The van der Waals surface area contributed by atoms with E-state index >= 15 is 0 Å². The molecule has 1 aromatic carbocycles. The maximum absolute atomic E-state index is 11.6. The Morgan fingerprint density at radius 1 is 1.39 bits per heavy atom. The quantitative estimate of drug-likeness (QED) is 0.497. The number of rotatable bonds is 2. The van der Waals surface area contributed by atoms with Crippen LogP contribution in [-0.4, -0.2) is 16.9 Å². The lowest BCUT2D eigenvalue weighted by Crippen LogP contribution is -2.26. The van der Waals surface area contributed by atoms with Crippen LogP contribution in [0.1, 0.15) is 31.9 Å².